The van der Waals surface area contributed by atoms with E-state index < -0.39 is 0 Å². The van der Waals surface area contributed by atoms with Crippen LogP contribution in [0.4, 0.5) is 0 Å². The fourth-order valence-corrected chi connectivity index (χ4v) is 1.73. The molecular weight excluding hydrogens is 176 g/mol. The van der Waals surface area contributed by atoms with Crippen molar-refractivity contribution in [2.45, 2.75) is 46.1 Å². The highest BCUT2D eigenvalue weighted by Gasteiger charge is 2.17. The molecule has 2 atom stereocenters. The summed E-state index contributed by atoms with van der Waals surface area (Å²) in [6.07, 6.45) is 0.543. The molecule has 0 bridgehead atoms. The molecule has 0 saturated carbocycles. The van der Waals surface area contributed by atoms with Crippen molar-refractivity contribution in [3.05, 3.63) is 23.3 Å². The lowest BCUT2D eigenvalue weighted by molar-refractivity contribution is 0.158. The third kappa shape index (κ3) is 2.51. The predicted octanol–water partition coefficient (Wildman–Crippen LogP) is 1.97. The van der Waals surface area contributed by atoms with E-state index in [0.29, 0.717) is 0 Å². The van der Waals surface area contributed by atoms with Crippen LogP contribution in [-0.4, -0.2) is 21.2 Å². The smallest absolute Gasteiger partial charge is 0.125 e. The standard InChI is InChI=1S/C11H18N2O/c1-5-10(8(3)14)11-6-7(2)12-9(4)13-11/h6,8,10,14H,5H2,1-4H3. The molecule has 0 aliphatic rings. The van der Waals surface area contributed by atoms with Gasteiger partial charge in [-0.25, -0.2) is 9.97 Å². The highest BCUT2D eigenvalue weighted by atomic mass is 16.3. The van der Waals surface area contributed by atoms with Crippen molar-refractivity contribution in [3.63, 3.8) is 0 Å². The van der Waals surface area contributed by atoms with E-state index in [1.165, 1.54) is 0 Å². The van der Waals surface area contributed by atoms with Gasteiger partial charge in [-0.2, -0.15) is 0 Å². The first-order valence-electron chi connectivity index (χ1n) is 5.04. The molecule has 1 N–H and O–H groups in total. The van der Waals surface area contributed by atoms with Crippen LogP contribution < -0.4 is 0 Å². The van der Waals surface area contributed by atoms with Crippen LogP contribution >= 0.6 is 0 Å². The molecule has 1 aromatic rings. The summed E-state index contributed by atoms with van der Waals surface area (Å²) in [5.74, 6) is 0.898. The van der Waals surface area contributed by atoms with Crippen molar-refractivity contribution in [1.82, 2.24) is 9.97 Å². The monoisotopic (exact) mass is 194 g/mol. The van der Waals surface area contributed by atoms with E-state index in [1.807, 2.05) is 19.9 Å². The van der Waals surface area contributed by atoms with Crippen LogP contribution in [0.5, 0.6) is 0 Å². The van der Waals surface area contributed by atoms with Gasteiger partial charge < -0.3 is 5.11 Å². The minimum Gasteiger partial charge on any atom is -0.393 e. The molecule has 0 aromatic carbocycles. The largest absolute Gasteiger partial charge is 0.393 e. The third-order valence-electron chi connectivity index (χ3n) is 2.39. The molecule has 3 heteroatoms. The maximum Gasteiger partial charge on any atom is 0.125 e. The first-order valence-corrected chi connectivity index (χ1v) is 5.04. The summed E-state index contributed by atoms with van der Waals surface area (Å²) in [4.78, 5) is 8.57. The lowest BCUT2D eigenvalue weighted by Gasteiger charge is -2.17. The first kappa shape index (κ1) is 11.1. The minimum absolute atomic E-state index is 0.121. The van der Waals surface area contributed by atoms with Crippen molar-refractivity contribution in [1.29, 1.82) is 0 Å². The van der Waals surface area contributed by atoms with Gasteiger partial charge in [0.05, 0.1) is 6.10 Å². The summed E-state index contributed by atoms with van der Waals surface area (Å²) < 4.78 is 0. The Balaban J connectivity index is 3.04. The summed E-state index contributed by atoms with van der Waals surface area (Å²) >= 11 is 0. The molecular formula is C11H18N2O. The minimum atomic E-state index is -0.353. The van der Waals surface area contributed by atoms with E-state index in [1.54, 1.807) is 6.92 Å². The summed E-state index contributed by atoms with van der Waals surface area (Å²) in [5, 5.41) is 9.59. The molecule has 0 amide bonds. The fraction of sp³-hybridized carbons (Fsp3) is 0.636. The van der Waals surface area contributed by atoms with Crippen molar-refractivity contribution in [2.75, 3.05) is 0 Å². The molecule has 0 saturated heterocycles. The van der Waals surface area contributed by atoms with Crippen LogP contribution in [0.3, 0.4) is 0 Å². The summed E-state index contributed by atoms with van der Waals surface area (Å²) in [6.45, 7) is 7.70. The number of aromatic nitrogens is 2. The molecule has 1 aromatic heterocycles. The number of hydrogen-bond donors (Lipinski definition) is 1. The first-order chi connectivity index (χ1) is 6.54. The highest BCUT2D eigenvalue weighted by Crippen LogP contribution is 2.21. The number of aryl methyl sites for hydroxylation is 2. The Morgan fingerprint density at radius 3 is 2.43 bits per heavy atom. The van der Waals surface area contributed by atoms with E-state index in [2.05, 4.69) is 16.9 Å². The van der Waals surface area contributed by atoms with Crippen LogP contribution in [0.15, 0.2) is 6.07 Å². The van der Waals surface area contributed by atoms with E-state index in [9.17, 15) is 5.11 Å². The molecule has 2 unspecified atom stereocenters. The number of aliphatic hydroxyl groups excluding tert-OH is 1. The van der Waals surface area contributed by atoms with E-state index in [4.69, 9.17) is 0 Å². The molecule has 14 heavy (non-hydrogen) atoms. The maximum absolute atomic E-state index is 9.59. The average molecular weight is 194 g/mol. The fourth-order valence-electron chi connectivity index (χ4n) is 1.73. The van der Waals surface area contributed by atoms with Gasteiger partial charge >= 0.3 is 0 Å². The normalized spacial score (nSPS) is 15.2. The van der Waals surface area contributed by atoms with Crippen LogP contribution in [0.1, 0.15) is 43.4 Å². The van der Waals surface area contributed by atoms with Crippen LogP contribution in [0, 0.1) is 13.8 Å². The molecule has 0 aliphatic carbocycles. The molecule has 3 nitrogen and oxygen atoms in total. The Hall–Kier alpha value is -0.960. The van der Waals surface area contributed by atoms with Gasteiger partial charge in [-0.3, -0.25) is 0 Å². The summed E-state index contributed by atoms with van der Waals surface area (Å²) in [6, 6.07) is 1.95. The SMILES string of the molecule is CCC(c1cc(C)nc(C)n1)C(C)O. The summed E-state index contributed by atoms with van der Waals surface area (Å²) in [5.41, 5.74) is 1.92. The number of rotatable bonds is 3. The summed E-state index contributed by atoms with van der Waals surface area (Å²) in [7, 11) is 0. The lowest BCUT2D eigenvalue weighted by atomic mass is 9.96. The Morgan fingerprint density at radius 1 is 1.36 bits per heavy atom. The van der Waals surface area contributed by atoms with Crippen LogP contribution in [-0.2, 0) is 0 Å². The third-order valence-corrected chi connectivity index (χ3v) is 2.39. The predicted molar refractivity (Wildman–Crippen MR) is 56.2 cm³/mol. The second kappa shape index (κ2) is 4.51. The van der Waals surface area contributed by atoms with Crippen molar-refractivity contribution in [2.24, 2.45) is 0 Å². The zero-order chi connectivity index (χ0) is 10.7. The molecule has 0 aliphatic heterocycles. The lowest BCUT2D eigenvalue weighted by Crippen LogP contribution is -2.16. The van der Waals surface area contributed by atoms with E-state index >= 15 is 0 Å². The maximum atomic E-state index is 9.59. The number of hydrogen-bond acceptors (Lipinski definition) is 3. The van der Waals surface area contributed by atoms with Crippen LogP contribution in [0.25, 0.3) is 0 Å². The highest BCUT2D eigenvalue weighted by molar-refractivity contribution is 5.15. The molecule has 78 valence electrons. The van der Waals surface area contributed by atoms with Crippen molar-refractivity contribution in [3.8, 4) is 0 Å². The molecule has 0 fully saturated rings. The van der Waals surface area contributed by atoms with Gasteiger partial charge in [0.2, 0.25) is 0 Å². The van der Waals surface area contributed by atoms with Crippen molar-refractivity contribution >= 4 is 0 Å². The Kier molecular flexibility index (Phi) is 3.58. The van der Waals surface area contributed by atoms with Gasteiger partial charge in [0, 0.05) is 17.3 Å². The second-order valence-electron chi connectivity index (χ2n) is 3.74. The van der Waals surface area contributed by atoms with Gasteiger partial charge in [-0.1, -0.05) is 6.92 Å². The van der Waals surface area contributed by atoms with Gasteiger partial charge in [0.25, 0.3) is 0 Å². The Labute approximate surface area is 85.2 Å². The van der Waals surface area contributed by atoms with Gasteiger partial charge in [0.15, 0.2) is 0 Å². The number of aliphatic hydroxyl groups is 1. The van der Waals surface area contributed by atoms with Gasteiger partial charge in [-0.15, -0.1) is 0 Å². The second-order valence-corrected chi connectivity index (χ2v) is 3.74. The molecule has 1 rings (SSSR count). The van der Waals surface area contributed by atoms with E-state index in [-0.39, 0.29) is 12.0 Å². The van der Waals surface area contributed by atoms with Crippen molar-refractivity contribution < 1.29 is 5.11 Å². The van der Waals surface area contributed by atoms with Gasteiger partial charge in [0.1, 0.15) is 5.82 Å². The number of nitrogens with zero attached hydrogens (tertiary/aromatic N) is 2. The van der Waals surface area contributed by atoms with E-state index in [0.717, 1.165) is 23.6 Å². The topological polar surface area (TPSA) is 46.0 Å². The van der Waals surface area contributed by atoms with Gasteiger partial charge in [-0.05, 0) is 33.3 Å². The molecule has 0 radical (unpaired) electrons. The quantitative estimate of drug-likeness (QED) is 0.800. The zero-order valence-corrected chi connectivity index (χ0v) is 9.28. The Morgan fingerprint density at radius 2 is 2.00 bits per heavy atom. The zero-order valence-electron chi connectivity index (χ0n) is 9.28. The van der Waals surface area contributed by atoms with Crippen LogP contribution in [0.2, 0.25) is 0 Å². The Bertz CT molecular complexity index is 290. The molecule has 0 spiro atoms. The average Bonchev–Trinajstić information content (AvgIpc) is 2.02. The molecule has 1 heterocycles.